The van der Waals surface area contributed by atoms with Crippen LogP contribution < -0.4 is 5.32 Å². The number of nitrogens with one attached hydrogen (secondary N) is 1. The first-order valence-corrected chi connectivity index (χ1v) is 4.43. The molecular weight excluding hydrogens is 118 g/mol. The summed E-state index contributed by atoms with van der Waals surface area (Å²) in [7, 11) is 0. The van der Waals surface area contributed by atoms with Gasteiger partial charge in [-0.15, -0.1) is 0 Å². The summed E-state index contributed by atoms with van der Waals surface area (Å²) in [6.45, 7) is 3.46. The summed E-state index contributed by atoms with van der Waals surface area (Å²) in [4.78, 5) is 0. The minimum Gasteiger partial charge on any atom is -0.312 e. The maximum atomic E-state index is 3.38. The molecule has 48 valence electrons. The highest BCUT2D eigenvalue weighted by molar-refractivity contribution is 7.99. The van der Waals surface area contributed by atoms with Crippen molar-refractivity contribution in [2.45, 2.75) is 24.6 Å². The average molecular weight is 131 g/mol. The van der Waals surface area contributed by atoms with Crippen molar-refractivity contribution in [1.29, 1.82) is 0 Å². The van der Waals surface area contributed by atoms with Crippen molar-refractivity contribution in [3.8, 4) is 0 Å². The van der Waals surface area contributed by atoms with E-state index in [1.807, 2.05) is 11.8 Å². The van der Waals surface area contributed by atoms with Crippen LogP contribution in [0.25, 0.3) is 0 Å². The van der Waals surface area contributed by atoms with Gasteiger partial charge in [0.15, 0.2) is 0 Å². The van der Waals surface area contributed by atoms with Crippen LogP contribution in [0.4, 0.5) is 0 Å². The van der Waals surface area contributed by atoms with Crippen molar-refractivity contribution >= 4 is 11.8 Å². The van der Waals surface area contributed by atoms with E-state index in [0.717, 1.165) is 11.3 Å². The van der Waals surface area contributed by atoms with E-state index in [1.54, 1.807) is 0 Å². The van der Waals surface area contributed by atoms with Crippen LogP contribution in [0.1, 0.15) is 13.3 Å². The van der Waals surface area contributed by atoms with Crippen LogP contribution >= 0.6 is 11.8 Å². The third-order valence-electron chi connectivity index (χ3n) is 1.77. The highest BCUT2D eigenvalue weighted by Crippen LogP contribution is 2.19. The first-order valence-electron chi connectivity index (χ1n) is 3.14. The van der Waals surface area contributed by atoms with E-state index in [1.165, 1.54) is 13.0 Å². The fourth-order valence-corrected chi connectivity index (χ4v) is 1.92. The summed E-state index contributed by atoms with van der Waals surface area (Å²) < 4.78 is 0. The topological polar surface area (TPSA) is 12.0 Å². The Hall–Kier alpha value is 0.310. The van der Waals surface area contributed by atoms with E-state index >= 15 is 0 Å². The van der Waals surface area contributed by atoms with Crippen molar-refractivity contribution < 1.29 is 0 Å². The lowest BCUT2D eigenvalue weighted by Gasteiger charge is -2.36. The molecule has 0 spiro atoms. The van der Waals surface area contributed by atoms with Crippen LogP contribution in [0.15, 0.2) is 0 Å². The molecular formula is C6H13NS. The van der Waals surface area contributed by atoms with E-state index in [2.05, 4.69) is 18.5 Å². The van der Waals surface area contributed by atoms with Gasteiger partial charge in [-0.25, -0.2) is 0 Å². The number of thioether (sulfide) groups is 1. The molecule has 8 heavy (non-hydrogen) atoms. The van der Waals surface area contributed by atoms with Gasteiger partial charge in [0.05, 0.1) is 0 Å². The minimum absolute atomic E-state index is 0.810. The summed E-state index contributed by atoms with van der Waals surface area (Å²) in [5, 5.41) is 4.28. The van der Waals surface area contributed by atoms with Gasteiger partial charge in [0.2, 0.25) is 0 Å². The third kappa shape index (κ3) is 1.00. The second-order valence-corrected chi connectivity index (χ2v) is 3.27. The molecule has 0 bridgehead atoms. The molecule has 1 N–H and O–H groups in total. The van der Waals surface area contributed by atoms with Crippen molar-refractivity contribution in [2.24, 2.45) is 0 Å². The maximum Gasteiger partial charge on any atom is 0.0323 e. The van der Waals surface area contributed by atoms with Crippen molar-refractivity contribution in [3.05, 3.63) is 0 Å². The minimum atomic E-state index is 0.810. The Balaban J connectivity index is 2.16. The Kier molecular flexibility index (Phi) is 2.20. The second-order valence-electron chi connectivity index (χ2n) is 2.20. The molecule has 1 rings (SSSR count). The fourth-order valence-electron chi connectivity index (χ4n) is 1.04. The van der Waals surface area contributed by atoms with Gasteiger partial charge in [-0.05, 0) is 12.7 Å². The highest BCUT2D eigenvalue weighted by Gasteiger charge is 2.26. The van der Waals surface area contributed by atoms with Crippen LogP contribution in [0, 0.1) is 0 Å². The molecule has 2 atom stereocenters. The summed E-state index contributed by atoms with van der Waals surface area (Å²) >= 11 is 1.98. The molecule has 1 aliphatic rings. The van der Waals surface area contributed by atoms with Gasteiger partial charge in [0.25, 0.3) is 0 Å². The van der Waals surface area contributed by atoms with Crippen LogP contribution in [-0.4, -0.2) is 24.1 Å². The maximum absolute atomic E-state index is 3.38. The van der Waals surface area contributed by atoms with E-state index in [-0.39, 0.29) is 0 Å². The van der Waals surface area contributed by atoms with Crippen molar-refractivity contribution in [3.63, 3.8) is 0 Å². The summed E-state index contributed by atoms with van der Waals surface area (Å²) in [6.07, 6.45) is 3.47. The van der Waals surface area contributed by atoms with Gasteiger partial charge in [-0.2, -0.15) is 11.8 Å². The van der Waals surface area contributed by atoms with Crippen molar-refractivity contribution in [2.75, 3.05) is 12.8 Å². The lowest BCUT2D eigenvalue weighted by molar-refractivity contribution is 0.376. The van der Waals surface area contributed by atoms with Gasteiger partial charge in [-0.3, -0.25) is 0 Å². The molecule has 0 saturated carbocycles. The van der Waals surface area contributed by atoms with Gasteiger partial charge in [0.1, 0.15) is 0 Å². The Labute approximate surface area is 55.2 Å². The Morgan fingerprint density at radius 2 is 2.50 bits per heavy atom. The van der Waals surface area contributed by atoms with Crippen LogP contribution in [-0.2, 0) is 0 Å². The second kappa shape index (κ2) is 2.74. The first-order chi connectivity index (χ1) is 3.88. The van der Waals surface area contributed by atoms with Crippen LogP contribution in [0.2, 0.25) is 0 Å². The molecule has 0 radical (unpaired) electrons. The molecule has 2 heteroatoms. The number of rotatable bonds is 2. The molecule has 0 aromatic heterocycles. The van der Waals surface area contributed by atoms with Crippen molar-refractivity contribution in [1.82, 2.24) is 5.32 Å². The predicted molar refractivity (Wildman–Crippen MR) is 39.4 cm³/mol. The largest absolute Gasteiger partial charge is 0.312 e. The zero-order valence-corrected chi connectivity index (χ0v) is 6.29. The molecule has 1 nitrogen and oxygen atoms in total. The van der Waals surface area contributed by atoms with E-state index in [0.29, 0.717) is 0 Å². The molecule has 1 fully saturated rings. The molecule has 0 aliphatic carbocycles. The van der Waals surface area contributed by atoms with Crippen LogP contribution in [0.5, 0.6) is 0 Å². The summed E-state index contributed by atoms with van der Waals surface area (Å²) in [5.41, 5.74) is 0. The molecule has 0 aromatic carbocycles. The fraction of sp³-hybridized carbons (Fsp3) is 1.00. The first kappa shape index (κ1) is 6.43. The zero-order valence-electron chi connectivity index (χ0n) is 5.48. The summed E-state index contributed by atoms with van der Waals surface area (Å²) in [5.74, 6) is 0. The SMILES string of the molecule is CCC1NCC1SC. The third-order valence-corrected chi connectivity index (χ3v) is 2.87. The molecule has 1 heterocycles. The van der Waals surface area contributed by atoms with E-state index in [4.69, 9.17) is 0 Å². The number of hydrogen-bond donors (Lipinski definition) is 1. The molecule has 2 unspecified atom stereocenters. The zero-order chi connectivity index (χ0) is 5.98. The standard InChI is InChI=1S/C6H13NS/c1-3-5-6(8-2)4-7-5/h5-7H,3-4H2,1-2H3. The smallest absolute Gasteiger partial charge is 0.0323 e. The van der Waals surface area contributed by atoms with Gasteiger partial charge in [0, 0.05) is 17.8 Å². The monoisotopic (exact) mass is 131 g/mol. The van der Waals surface area contributed by atoms with Gasteiger partial charge in [-0.1, -0.05) is 6.92 Å². The summed E-state index contributed by atoms with van der Waals surface area (Å²) in [6, 6.07) is 0.810. The number of hydrogen-bond acceptors (Lipinski definition) is 2. The quantitative estimate of drug-likeness (QED) is 0.602. The lowest BCUT2D eigenvalue weighted by atomic mass is 10.0. The van der Waals surface area contributed by atoms with Crippen LogP contribution in [0.3, 0.4) is 0 Å². The molecule has 1 aliphatic heterocycles. The molecule has 0 aromatic rings. The molecule has 1 saturated heterocycles. The Morgan fingerprint density at radius 3 is 2.62 bits per heavy atom. The highest BCUT2D eigenvalue weighted by atomic mass is 32.2. The molecule has 0 amide bonds. The van der Waals surface area contributed by atoms with E-state index < -0.39 is 0 Å². The van der Waals surface area contributed by atoms with E-state index in [9.17, 15) is 0 Å². The Bertz CT molecular complexity index is 60.9. The average Bonchev–Trinajstić information content (AvgIpc) is 1.66. The van der Waals surface area contributed by atoms with Gasteiger partial charge < -0.3 is 5.32 Å². The lowest BCUT2D eigenvalue weighted by Crippen LogP contribution is -2.54. The normalized spacial score (nSPS) is 36.8. The Morgan fingerprint density at radius 1 is 1.75 bits per heavy atom. The van der Waals surface area contributed by atoms with Gasteiger partial charge >= 0.3 is 0 Å². The predicted octanol–water partition coefficient (Wildman–Crippen LogP) is 1.10.